The molecule has 4 N–H and O–H groups in total. The van der Waals surface area contributed by atoms with E-state index < -0.39 is 24.8 Å². The van der Waals surface area contributed by atoms with Gasteiger partial charge in [-0.05, 0) is 38.5 Å². The average Bonchev–Trinajstić information content (AvgIpc) is 2.79. The average molecular weight is 302 g/mol. The number of rotatable bonds is 3. The van der Waals surface area contributed by atoms with Crippen LogP contribution in [0.15, 0.2) is 0 Å². The minimum Gasteiger partial charge on any atom is -0.480 e. The zero-order valence-corrected chi connectivity index (χ0v) is 11.2. The van der Waals surface area contributed by atoms with Crippen molar-refractivity contribution >= 4 is 23.2 Å². The second-order valence-corrected chi connectivity index (χ2v) is 4.40. The third kappa shape index (κ3) is 9.62. The lowest BCUT2D eigenvalue weighted by Gasteiger charge is -2.14. The van der Waals surface area contributed by atoms with Gasteiger partial charge in [-0.3, -0.25) is 4.79 Å². The summed E-state index contributed by atoms with van der Waals surface area (Å²) in [7, 11) is 0. The summed E-state index contributed by atoms with van der Waals surface area (Å²) in [6.07, 6.45) is -2.61. The van der Waals surface area contributed by atoms with Crippen molar-refractivity contribution in [3.63, 3.8) is 0 Å². The van der Waals surface area contributed by atoms with Gasteiger partial charge >= 0.3 is 12.1 Å². The lowest BCUT2D eigenvalue weighted by Crippen LogP contribution is -2.33. The number of aliphatic carboxylic acids is 1. The van der Waals surface area contributed by atoms with Crippen molar-refractivity contribution in [2.45, 2.75) is 38.0 Å². The van der Waals surface area contributed by atoms with Crippen LogP contribution in [0, 0.1) is 0 Å². The molecule has 2 atom stereocenters. The van der Waals surface area contributed by atoms with Gasteiger partial charge in [0.05, 0.1) is 6.04 Å². The number of carbonyl (C=O) groups is 1. The summed E-state index contributed by atoms with van der Waals surface area (Å²) >= 11 is 4.70. The van der Waals surface area contributed by atoms with Gasteiger partial charge in [0.1, 0.15) is 6.04 Å². The maximum absolute atomic E-state index is 11.7. The summed E-state index contributed by atoms with van der Waals surface area (Å²) in [5, 5.41) is 10.8. The van der Waals surface area contributed by atoms with Gasteiger partial charge in [-0.25, -0.2) is 0 Å². The second-order valence-electron chi connectivity index (χ2n) is 4.00. The van der Waals surface area contributed by atoms with Gasteiger partial charge in [-0.1, -0.05) is 0 Å². The van der Waals surface area contributed by atoms with Gasteiger partial charge < -0.3 is 20.9 Å². The van der Waals surface area contributed by atoms with Crippen LogP contribution >= 0.6 is 12.2 Å². The van der Waals surface area contributed by atoms with Crippen molar-refractivity contribution in [3.05, 3.63) is 0 Å². The molecule has 1 heterocycles. The molecule has 0 bridgehead atoms. The van der Waals surface area contributed by atoms with E-state index in [4.69, 9.17) is 23.1 Å². The Kier molecular flexibility index (Phi) is 7.88. The molecule has 112 valence electrons. The van der Waals surface area contributed by atoms with Crippen LogP contribution in [-0.4, -0.2) is 47.5 Å². The monoisotopic (exact) mass is 302 g/mol. The van der Waals surface area contributed by atoms with Crippen LogP contribution in [0.2, 0.25) is 0 Å². The first-order valence-electron chi connectivity index (χ1n) is 5.58. The maximum atomic E-state index is 11.7. The van der Waals surface area contributed by atoms with Crippen molar-refractivity contribution < 1.29 is 27.8 Å². The molecular weight excluding hydrogens is 285 g/mol. The molecule has 5 nitrogen and oxygen atoms in total. The molecular formula is C10H17F3N2O3S. The number of alkyl halides is 3. The highest BCUT2D eigenvalue weighted by Gasteiger charge is 2.30. The van der Waals surface area contributed by atoms with Crippen molar-refractivity contribution in [1.82, 2.24) is 5.32 Å². The van der Waals surface area contributed by atoms with Gasteiger partial charge in [0.15, 0.2) is 11.7 Å². The highest BCUT2D eigenvalue weighted by molar-refractivity contribution is 7.80. The Morgan fingerprint density at radius 2 is 2.16 bits per heavy atom. The quantitative estimate of drug-likeness (QED) is 0.676. The molecule has 0 spiro atoms. The van der Waals surface area contributed by atoms with E-state index in [0.29, 0.717) is 0 Å². The summed E-state index contributed by atoms with van der Waals surface area (Å²) < 4.78 is 39.5. The molecule has 9 heteroatoms. The lowest BCUT2D eigenvalue weighted by molar-refractivity contribution is -0.156. The number of nitrogens with one attached hydrogen (secondary N) is 1. The maximum Gasteiger partial charge on any atom is 0.422 e. The minimum absolute atomic E-state index is 0.0230. The van der Waals surface area contributed by atoms with Crippen LogP contribution in [0.25, 0.3) is 0 Å². The summed E-state index contributed by atoms with van der Waals surface area (Å²) in [4.78, 5) is 9.57. The zero-order valence-electron chi connectivity index (χ0n) is 10.4. The van der Waals surface area contributed by atoms with E-state index in [1.165, 1.54) is 6.92 Å². The van der Waals surface area contributed by atoms with Crippen LogP contribution in [0.3, 0.4) is 0 Å². The zero-order chi connectivity index (χ0) is 15.1. The largest absolute Gasteiger partial charge is 0.480 e. The van der Waals surface area contributed by atoms with Gasteiger partial charge in [-0.15, -0.1) is 0 Å². The Balaban J connectivity index is 0.000000459. The molecule has 0 saturated carbocycles. The van der Waals surface area contributed by atoms with Gasteiger partial charge in [0, 0.05) is 0 Å². The molecule has 1 aliphatic heterocycles. The molecule has 0 radical (unpaired) electrons. The predicted octanol–water partition coefficient (Wildman–Crippen LogP) is 1.06. The molecule has 1 fully saturated rings. The molecule has 0 aromatic heterocycles. The topological polar surface area (TPSA) is 84.6 Å². The fraction of sp³-hybridized carbons (Fsp3) is 0.800. The molecule has 0 aliphatic carbocycles. The molecule has 0 amide bonds. The van der Waals surface area contributed by atoms with Crippen LogP contribution < -0.4 is 11.1 Å². The van der Waals surface area contributed by atoms with Gasteiger partial charge in [0.2, 0.25) is 0 Å². The number of nitrogens with two attached hydrogens (primary N) is 1. The molecule has 0 aromatic rings. The van der Waals surface area contributed by atoms with Crippen LogP contribution in [0.4, 0.5) is 13.2 Å². The Morgan fingerprint density at radius 1 is 1.63 bits per heavy atom. The summed E-state index contributed by atoms with van der Waals surface area (Å²) in [6.45, 7) is 0.923. The van der Waals surface area contributed by atoms with Crippen molar-refractivity contribution in [1.29, 1.82) is 0 Å². The molecule has 0 unspecified atom stereocenters. The molecule has 1 saturated heterocycles. The number of halogens is 3. The third-order valence-corrected chi connectivity index (χ3v) is 2.51. The summed E-state index contributed by atoms with van der Waals surface area (Å²) in [6, 6.07) is -0.914. The first-order valence-corrected chi connectivity index (χ1v) is 5.99. The molecule has 1 aliphatic rings. The van der Waals surface area contributed by atoms with Crippen molar-refractivity contribution in [2.75, 3.05) is 13.2 Å². The van der Waals surface area contributed by atoms with E-state index in [1.807, 2.05) is 0 Å². The summed E-state index contributed by atoms with van der Waals surface area (Å²) in [5.41, 5.74) is 4.84. The van der Waals surface area contributed by atoms with Crippen molar-refractivity contribution in [3.8, 4) is 0 Å². The normalized spacial score (nSPS) is 20.2. The number of carboxylic acid groups (broad SMARTS) is 1. The number of thiocarbonyl (C=S) groups is 1. The Hall–Kier alpha value is -0.930. The first kappa shape index (κ1) is 18.1. The fourth-order valence-corrected chi connectivity index (χ4v) is 1.40. The predicted molar refractivity (Wildman–Crippen MR) is 66.9 cm³/mol. The first-order chi connectivity index (χ1) is 8.63. The number of hydrogen-bond acceptors (Lipinski definition) is 5. The van der Waals surface area contributed by atoms with E-state index in [-0.39, 0.29) is 11.1 Å². The highest BCUT2D eigenvalue weighted by Crippen LogP contribution is 2.16. The third-order valence-electron chi connectivity index (χ3n) is 2.11. The second kappa shape index (κ2) is 8.28. The van der Waals surface area contributed by atoms with E-state index in [1.54, 1.807) is 0 Å². The summed E-state index contributed by atoms with van der Waals surface area (Å²) in [5.74, 6) is -0.963. The number of carboxylic acids is 1. The Labute approximate surface area is 114 Å². The molecule has 19 heavy (non-hydrogen) atoms. The Morgan fingerprint density at radius 3 is 2.47 bits per heavy atom. The van der Waals surface area contributed by atoms with E-state index >= 15 is 0 Å². The van der Waals surface area contributed by atoms with Crippen LogP contribution in [-0.2, 0) is 9.53 Å². The minimum atomic E-state index is -4.30. The SMILES string of the molecule is C[C@H](N)C(=O)O.FC(F)(F)COC(=S)[C@@H]1CCCN1. The number of ether oxygens (including phenoxy) is 1. The lowest BCUT2D eigenvalue weighted by atomic mass is 10.2. The van der Waals surface area contributed by atoms with Gasteiger partial charge in [-0.2, -0.15) is 13.2 Å². The van der Waals surface area contributed by atoms with Crippen molar-refractivity contribution in [2.24, 2.45) is 5.73 Å². The molecule has 1 rings (SSSR count). The van der Waals surface area contributed by atoms with Gasteiger partial charge in [0.25, 0.3) is 0 Å². The van der Waals surface area contributed by atoms with Crippen LogP contribution in [0.5, 0.6) is 0 Å². The smallest absolute Gasteiger partial charge is 0.422 e. The standard InChI is InChI=1S/C7H10F3NOS.C3H7NO2/c8-7(9,10)4-12-6(13)5-2-1-3-11-5;1-2(4)3(5)6/h5,11H,1-4H2;2H,4H2,1H3,(H,5,6)/t5-;2-/m00/s1. The number of hydrogen-bond donors (Lipinski definition) is 3. The van der Waals surface area contributed by atoms with E-state index in [0.717, 1.165) is 19.4 Å². The van der Waals surface area contributed by atoms with Crippen LogP contribution in [0.1, 0.15) is 19.8 Å². The Bertz CT molecular complexity index is 305. The van der Waals surface area contributed by atoms with E-state index in [2.05, 4.69) is 10.1 Å². The fourth-order valence-electron chi connectivity index (χ4n) is 1.14. The molecule has 0 aromatic carbocycles. The van der Waals surface area contributed by atoms with E-state index in [9.17, 15) is 18.0 Å². The highest BCUT2D eigenvalue weighted by atomic mass is 32.1.